The highest BCUT2D eigenvalue weighted by atomic mass is 19.3. The van der Waals surface area contributed by atoms with Crippen molar-refractivity contribution in [3.05, 3.63) is 18.0 Å². The fraction of sp³-hybridized carbons (Fsp3) is 0.600. The quantitative estimate of drug-likeness (QED) is 0.776. The van der Waals surface area contributed by atoms with Gasteiger partial charge in [0.25, 0.3) is 5.92 Å². The van der Waals surface area contributed by atoms with Crippen LogP contribution >= 0.6 is 0 Å². The highest BCUT2D eigenvalue weighted by Crippen LogP contribution is 2.16. The molecule has 0 aliphatic rings. The van der Waals surface area contributed by atoms with Gasteiger partial charge in [0, 0.05) is 13.1 Å². The Morgan fingerprint density at radius 2 is 2.13 bits per heavy atom. The SMILES string of the molecule is CC(C)c1ccnc(OCC(C)(F)F)n1. The maximum Gasteiger partial charge on any atom is 0.316 e. The van der Waals surface area contributed by atoms with E-state index in [-0.39, 0.29) is 11.9 Å². The zero-order valence-corrected chi connectivity index (χ0v) is 9.00. The number of nitrogens with zero attached hydrogens (tertiary/aromatic N) is 2. The minimum atomic E-state index is -2.86. The van der Waals surface area contributed by atoms with Crippen LogP contribution in [-0.2, 0) is 0 Å². The highest BCUT2D eigenvalue weighted by molar-refractivity contribution is 5.08. The first-order valence-electron chi connectivity index (χ1n) is 4.72. The molecule has 3 nitrogen and oxygen atoms in total. The Bertz CT molecular complexity index is 323. The van der Waals surface area contributed by atoms with E-state index in [9.17, 15) is 8.78 Å². The van der Waals surface area contributed by atoms with E-state index in [1.165, 1.54) is 6.20 Å². The monoisotopic (exact) mass is 216 g/mol. The first-order valence-corrected chi connectivity index (χ1v) is 4.72. The Morgan fingerprint density at radius 1 is 1.47 bits per heavy atom. The van der Waals surface area contributed by atoms with Crippen LogP contribution in [0.5, 0.6) is 6.01 Å². The number of hydrogen-bond donors (Lipinski definition) is 0. The Morgan fingerprint density at radius 3 is 2.67 bits per heavy atom. The molecule has 0 saturated carbocycles. The van der Waals surface area contributed by atoms with Gasteiger partial charge in [-0.2, -0.15) is 4.98 Å². The average molecular weight is 216 g/mol. The molecule has 15 heavy (non-hydrogen) atoms. The van der Waals surface area contributed by atoms with Crippen molar-refractivity contribution in [2.75, 3.05) is 6.61 Å². The zero-order valence-electron chi connectivity index (χ0n) is 9.00. The van der Waals surface area contributed by atoms with Gasteiger partial charge in [0.15, 0.2) is 6.61 Å². The summed E-state index contributed by atoms with van der Waals surface area (Å²) in [6, 6.07) is 1.74. The molecule has 0 N–H and O–H groups in total. The van der Waals surface area contributed by atoms with Crippen molar-refractivity contribution in [1.82, 2.24) is 9.97 Å². The summed E-state index contributed by atoms with van der Waals surface area (Å²) in [5.74, 6) is -2.64. The molecule has 0 fully saturated rings. The predicted molar refractivity (Wildman–Crippen MR) is 52.2 cm³/mol. The van der Waals surface area contributed by atoms with Gasteiger partial charge in [0.1, 0.15) is 0 Å². The van der Waals surface area contributed by atoms with Crippen LogP contribution in [0.4, 0.5) is 8.78 Å². The second-order valence-corrected chi connectivity index (χ2v) is 3.78. The molecule has 0 saturated heterocycles. The molecule has 1 heterocycles. The summed E-state index contributed by atoms with van der Waals surface area (Å²) in [6.45, 7) is 4.01. The zero-order chi connectivity index (χ0) is 11.5. The molecule has 1 aromatic rings. The van der Waals surface area contributed by atoms with Gasteiger partial charge >= 0.3 is 6.01 Å². The lowest BCUT2D eigenvalue weighted by molar-refractivity contribution is -0.0257. The second-order valence-electron chi connectivity index (χ2n) is 3.78. The van der Waals surface area contributed by atoms with Crippen LogP contribution in [0.1, 0.15) is 32.4 Å². The van der Waals surface area contributed by atoms with E-state index in [1.54, 1.807) is 6.07 Å². The third kappa shape index (κ3) is 4.18. The van der Waals surface area contributed by atoms with Crippen LogP contribution in [0.25, 0.3) is 0 Å². The lowest BCUT2D eigenvalue weighted by Crippen LogP contribution is -2.21. The standard InChI is InChI=1S/C10H14F2N2O/c1-7(2)8-4-5-13-9(14-8)15-6-10(3,11)12/h4-5,7H,6H2,1-3H3. The Balaban J connectivity index is 2.66. The van der Waals surface area contributed by atoms with Crippen LogP contribution in [0.15, 0.2) is 12.3 Å². The summed E-state index contributed by atoms with van der Waals surface area (Å²) in [5.41, 5.74) is 0.777. The fourth-order valence-electron chi connectivity index (χ4n) is 0.936. The molecule has 84 valence electrons. The minimum absolute atomic E-state index is 0.00252. The van der Waals surface area contributed by atoms with E-state index in [0.29, 0.717) is 0 Å². The van der Waals surface area contributed by atoms with E-state index in [4.69, 9.17) is 4.74 Å². The maximum absolute atomic E-state index is 12.5. The van der Waals surface area contributed by atoms with E-state index in [1.807, 2.05) is 13.8 Å². The summed E-state index contributed by atoms with van der Waals surface area (Å²) in [5, 5.41) is 0. The molecule has 0 bridgehead atoms. The first kappa shape index (κ1) is 11.8. The van der Waals surface area contributed by atoms with E-state index in [2.05, 4.69) is 9.97 Å². The molecule has 0 aliphatic carbocycles. The van der Waals surface area contributed by atoms with Crippen LogP contribution in [0.2, 0.25) is 0 Å². The van der Waals surface area contributed by atoms with E-state index < -0.39 is 12.5 Å². The van der Waals surface area contributed by atoms with E-state index >= 15 is 0 Å². The Hall–Kier alpha value is -1.26. The van der Waals surface area contributed by atoms with Gasteiger partial charge in [-0.15, -0.1) is 0 Å². The summed E-state index contributed by atoms with van der Waals surface area (Å²) in [6.07, 6.45) is 1.51. The van der Waals surface area contributed by atoms with E-state index in [0.717, 1.165) is 12.6 Å². The molecule has 1 rings (SSSR count). The molecule has 0 spiro atoms. The Labute approximate surface area is 87.5 Å². The van der Waals surface area contributed by atoms with Gasteiger partial charge in [0.2, 0.25) is 0 Å². The van der Waals surface area contributed by atoms with Gasteiger partial charge in [0.05, 0.1) is 5.69 Å². The summed E-state index contributed by atoms with van der Waals surface area (Å²) >= 11 is 0. The summed E-state index contributed by atoms with van der Waals surface area (Å²) in [7, 11) is 0. The number of halogens is 2. The van der Waals surface area contributed by atoms with Crippen LogP contribution in [-0.4, -0.2) is 22.5 Å². The molecule has 0 amide bonds. The number of alkyl halides is 2. The molecule has 0 radical (unpaired) electrons. The number of hydrogen-bond acceptors (Lipinski definition) is 3. The number of rotatable bonds is 4. The van der Waals surface area contributed by atoms with Crippen LogP contribution < -0.4 is 4.74 Å². The van der Waals surface area contributed by atoms with Crippen LogP contribution in [0.3, 0.4) is 0 Å². The van der Waals surface area contributed by atoms with Crippen molar-refractivity contribution in [3.63, 3.8) is 0 Å². The minimum Gasteiger partial charge on any atom is -0.457 e. The fourth-order valence-corrected chi connectivity index (χ4v) is 0.936. The van der Waals surface area contributed by atoms with Crippen molar-refractivity contribution in [2.45, 2.75) is 32.6 Å². The molecule has 0 unspecified atom stereocenters. The van der Waals surface area contributed by atoms with Crippen molar-refractivity contribution < 1.29 is 13.5 Å². The number of ether oxygens (including phenoxy) is 1. The van der Waals surface area contributed by atoms with Gasteiger partial charge in [-0.1, -0.05) is 13.8 Å². The smallest absolute Gasteiger partial charge is 0.316 e. The molecule has 5 heteroatoms. The topological polar surface area (TPSA) is 35.0 Å². The predicted octanol–water partition coefficient (Wildman–Crippen LogP) is 2.63. The third-order valence-corrected chi connectivity index (χ3v) is 1.70. The highest BCUT2D eigenvalue weighted by Gasteiger charge is 2.22. The average Bonchev–Trinajstić information content (AvgIpc) is 2.14. The van der Waals surface area contributed by atoms with Gasteiger partial charge in [-0.05, 0) is 12.0 Å². The normalized spacial score (nSPS) is 11.9. The maximum atomic E-state index is 12.5. The van der Waals surface area contributed by atoms with Crippen molar-refractivity contribution in [2.24, 2.45) is 0 Å². The van der Waals surface area contributed by atoms with Crippen molar-refractivity contribution >= 4 is 0 Å². The third-order valence-electron chi connectivity index (χ3n) is 1.70. The Kier molecular flexibility index (Phi) is 3.55. The molecule has 0 atom stereocenters. The molecular formula is C10H14F2N2O. The van der Waals surface area contributed by atoms with Gasteiger partial charge < -0.3 is 4.74 Å². The van der Waals surface area contributed by atoms with Crippen molar-refractivity contribution in [1.29, 1.82) is 0 Å². The lowest BCUT2D eigenvalue weighted by atomic mass is 10.1. The number of aromatic nitrogens is 2. The lowest BCUT2D eigenvalue weighted by Gasteiger charge is -2.11. The first-order chi connectivity index (χ1) is 6.88. The van der Waals surface area contributed by atoms with Gasteiger partial charge in [-0.25, -0.2) is 13.8 Å². The molecule has 1 aromatic heterocycles. The second kappa shape index (κ2) is 4.51. The van der Waals surface area contributed by atoms with Crippen molar-refractivity contribution in [3.8, 4) is 6.01 Å². The largest absolute Gasteiger partial charge is 0.457 e. The molecular weight excluding hydrogens is 202 g/mol. The molecule has 0 aliphatic heterocycles. The summed E-state index contributed by atoms with van der Waals surface area (Å²) < 4.78 is 29.8. The van der Waals surface area contributed by atoms with Crippen LogP contribution in [0, 0.1) is 0 Å². The molecule has 0 aromatic carbocycles. The summed E-state index contributed by atoms with van der Waals surface area (Å²) in [4.78, 5) is 7.77. The van der Waals surface area contributed by atoms with Gasteiger partial charge in [-0.3, -0.25) is 0 Å².